The number of amides is 1. The number of carbonyl (C=O) groups excluding carboxylic acids is 1. The molecule has 1 aliphatic rings. The van der Waals surface area contributed by atoms with Crippen LogP contribution in [-0.2, 0) is 21.2 Å². The van der Waals surface area contributed by atoms with Crippen LogP contribution in [0, 0.1) is 6.92 Å². The maximum atomic E-state index is 12.7. The van der Waals surface area contributed by atoms with Gasteiger partial charge in [-0.1, -0.05) is 48.0 Å². The third kappa shape index (κ3) is 4.96. The summed E-state index contributed by atoms with van der Waals surface area (Å²) < 4.78 is 26.9. The molecule has 0 N–H and O–H groups in total. The number of benzene rings is 2. The van der Waals surface area contributed by atoms with Crippen molar-refractivity contribution in [3.8, 4) is 0 Å². The number of rotatable bonds is 6. The van der Waals surface area contributed by atoms with E-state index < -0.39 is 10.0 Å². The van der Waals surface area contributed by atoms with E-state index in [1.807, 2.05) is 25.1 Å². The van der Waals surface area contributed by atoms with Crippen molar-refractivity contribution in [1.82, 2.24) is 9.21 Å². The van der Waals surface area contributed by atoms with Crippen LogP contribution in [0.4, 0.5) is 0 Å². The van der Waals surface area contributed by atoms with Gasteiger partial charge in [-0.2, -0.15) is 4.31 Å². The SMILES string of the molecule is Cc1ccc(S(=O)(=O)N2CCN(C(=O)CCCc3ccccc3)CC2)cc1. The van der Waals surface area contributed by atoms with Crippen LogP contribution < -0.4 is 0 Å². The molecule has 3 rings (SSSR count). The molecule has 27 heavy (non-hydrogen) atoms. The van der Waals surface area contributed by atoms with Crippen molar-refractivity contribution in [2.45, 2.75) is 31.1 Å². The molecular formula is C21H26N2O3S. The first-order chi connectivity index (χ1) is 13.0. The number of hydrogen-bond acceptors (Lipinski definition) is 3. The molecule has 1 fully saturated rings. The summed E-state index contributed by atoms with van der Waals surface area (Å²) >= 11 is 0. The van der Waals surface area contributed by atoms with Crippen molar-refractivity contribution in [3.63, 3.8) is 0 Å². The van der Waals surface area contributed by atoms with E-state index in [9.17, 15) is 13.2 Å². The smallest absolute Gasteiger partial charge is 0.243 e. The van der Waals surface area contributed by atoms with E-state index in [4.69, 9.17) is 0 Å². The van der Waals surface area contributed by atoms with Crippen molar-refractivity contribution in [2.75, 3.05) is 26.2 Å². The van der Waals surface area contributed by atoms with Crippen molar-refractivity contribution in [2.24, 2.45) is 0 Å². The molecular weight excluding hydrogens is 360 g/mol. The second kappa shape index (κ2) is 8.67. The number of aryl methyl sites for hydroxylation is 2. The first-order valence-electron chi connectivity index (χ1n) is 9.35. The lowest BCUT2D eigenvalue weighted by molar-refractivity contribution is -0.132. The molecule has 144 valence electrons. The van der Waals surface area contributed by atoms with E-state index >= 15 is 0 Å². The maximum Gasteiger partial charge on any atom is 0.243 e. The summed E-state index contributed by atoms with van der Waals surface area (Å²) in [4.78, 5) is 14.5. The zero-order valence-electron chi connectivity index (χ0n) is 15.7. The molecule has 0 bridgehead atoms. The van der Waals surface area contributed by atoms with Crippen LogP contribution in [-0.4, -0.2) is 49.7 Å². The van der Waals surface area contributed by atoms with Crippen LogP contribution in [0.3, 0.4) is 0 Å². The van der Waals surface area contributed by atoms with Gasteiger partial charge >= 0.3 is 0 Å². The van der Waals surface area contributed by atoms with Crippen molar-refractivity contribution in [1.29, 1.82) is 0 Å². The second-order valence-electron chi connectivity index (χ2n) is 6.94. The largest absolute Gasteiger partial charge is 0.340 e. The summed E-state index contributed by atoms with van der Waals surface area (Å²) in [5.41, 5.74) is 2.26. The minimum Gasteiger partial charge on any atom is -0.340 e. The summed E-state index contributed by atoms with van der Waals surface area (Å²) in [5.74, 6) is 0.110. The van der Waals surface area contributed by atoms with Gasteiger partial charge in [0.2, 0.25) is 15.9 Å². The molecule has 0 atom stereocenters. The molecule has 0 radical (unpaired) electrons. The normalized spacial score (nSPS) is 15.7. The second-order valence-corrected chi connectivity index (χ2v) is 8.88. The van der Waals surface area contributed by atoms with Crippen LogP contribution in [0.25, 0.3) is 0 Å². The van der Waals surface area contributed by atoms with Crippen molar-refractivity contribution < 1.29 is 13.2 Å². The van der Waals surface area contributed by atoms with Gasteiger partial charge in [-0.15, -0.1) is 0 Å². The van der Waals surface area contributed by atoms with Gasteiger partial charge in [0, 0.05) is 32.6 Å². The Morgan fingerprint density at radius 1 is 0.926 bits per heavy atom. The number of nitrogens with zero attached hydrogens (tertiary/aromatic N) is 2. The Labute approximate surface area is 161 Å². The number of carbonyl (C=O) groups is 1. The predicted octanol–water partition coefficient (Wildman–Crippen LogP) is 2.85. The van der Waals surface area contributed by atoms with Gasteiger partial charge in [0.15, 0.2) is 0 Å². The summed E-state index contributed by atoms with van der Waals surface area (Å²) in [6, 6.07) is 17.0. The molecule has 2 aromatic rings. The number of sulfonamides is 1. The monoisotopic (exact) mass is 386 g/mol. The molecule has 1 amide bonds. The van der Waals surface area contributed by atoms with Crippen LogP contribution in [0.2, 0.25) is 0 Å². The Morgan fingerprint density at radius 3 is 2.19 bits per heavy atom. The zero-order valence-corrected chi connectivity index (χ0v) is 16.5. The molecule has 1 heterocycles. The first-order valence-corrected chi connectivity index (χ1v) is 10.8. The van der Waals surface area contributed by atoms with Gasteiger partial charge in [0.1, 0.15) is 0 Å². The van der Waals surface area contributed by atoms with E-state index in [1.54, 1.807) is 29.2 Å². The molecule has 0 unspecified atom stereocenters. The third-order valence-corrected chi connectivity index (χ3v) is 6.86. The zero-order chi connectivity index (χ0) is 19.3. The van der Waals surface area contributed by atoms with Crippen molar-refractivity contribution >= 4 is 15.9 Å². The fourth-order valence-corrected chi connectivity index (χ4v) is 4.71. The highest BCUT2D eigenvalue weighted by Gasteiger charge is 2.29. The molecule has 6 heteroatoms. The van der Waals surface area contributed by atoms with E-state index in [0.29, 0.717) is 37.5 Å². The summed E-state index contributed by atoms with van der Waals surface area (Å²) in [6.45, 7) is 3.53. The fraction of sp³-hybridized carbons (Fsp3) is 0.381. The highest BCUT2D eigenvalue weighted by atomic mass is 32.2. The highest BCUT2D eigenvalue weighted by molar-refractivity contribution is 7.89. The van der Waals surface area contributed by atoms with Crippen LogP contribution in [0.1, 0.15) is 24.0 Å². The van der Waals surface area contributed by atoms with Gasteiger partial charge in [0.25, 0.3) is 0 Å². The molecule has 1 saturated heterocycles. The van der Waals surface area contributed by atoms with E-state index in [1.165, 1.54) is 9.87 Å². The predicted molar refractivity (Wildman–Crippen MR) is 106 cm³/mol. The van der Waals surface area contributed by atoms with Gasteiger partial charge < -0.3 is 4.90 Å². The summed E-state index contributed by atoms with van der Waals surface area (Å²) in [7, 11) is -3.49. The lowest BCUT2D eigenvalue weighted by Gasteiger charge is -2.34. The molecule has 1 aliphatic heterocycles. The Hall–Kier alpha value is -2.18. The van der Waals surface area contributed by atoms with Crippen LogP contribution >= 0.6 is 0 Å². The van der Waals surface area contributed by atoms with E-state index in [-0.39, 0.29) is 5.91 Å². The average molecular weight is 387 g/mol. The maximum absolute atomic E-state index is 12.7. The van der Waals surface area contributed by atoms with E-state index in [0.717, 1.165) is 18.4 Å². The quantitative estimate of drug-likeness (QED) is 0.767. The molecule has 0 spiro atoms. The number of piperazine rings is 1. The molecule has 0 saturated carbocycles. The van der Waals surface area contributed by atoms with Crippen molar-refractivity contribution in [3.05, 3.63) is 65.7 Å². The lowest BCUT2D eigenvalue weighted by Crippen LogP contribution is -2.50. The van der Waals surface area contributed by atoms with Gasteiger partial charge in [-0.25, -0.2) is 8.42 Å². The van der Waals surface area contributed by atoms with Gasteiger partial charge in [-0.3, -0.25) is 4.79 Å². The van der Waals surface area contributed by atoms with Crippen LogP contribution in [0.15, 0.2) is 59.5 Å². The molecule has 0 aromatic heterocycles. The van der Waals surface area contributed by atoms with Crippen LogP contribution in [0.5, 0.6) is 0 Å². The Bertz CT molecular complexity index is 856. The average Bonchev–Trinajstić information content (AvgIpc) is 2.69. The molecule has 5 nitrogen and oxygen atoms in total. The molecule has 0 aliphatic carbocycles. The minimum absolute atomic E-state index is 0.110. The topological polar surface area (TPSA) is 57.7 Å². The lowest BCUT2D eigenvalue weighted by atomic mass is 10.1. The highest BCUT2D eigenvalue weighted by Crippen LogP contribution is 2.18. The number of hydrogen-bond donors (Lipinski definition) is 0. The standard InChI is InChI=1S/C21H26N2O3S/c1-18-10-12-20(13-11-18)27(25,26)23-16-14-22(15-17-23)21(24)9-5-8-19-6-3-2-4-7-19/h2-4,6-7,10-13H,5,8-9,14-17H2,1H3. The Balaban J connectivity index is 1.49. The van der Waals surface area contributed by atoms with Gasteiger partial charge in [-0.05, 0) is 37.5 Å². The third-order valence-electron chi connectivity index (χ3n) is 4.95. The summed E-state index contributed by atoms with van der Waals surface area (Å²) in [5, 5.41) is 0. The Kier molecular flexibility index (Phi) is 6.29. The Morgan fingerprint density at radius 2 is 1.56 bits per heavy atom. The van der Waals surface area contributed by atoms with Gasteiger partial charge in [0.05, 0.1) is 4.90 Å². The van der Waals surface area contributed by atoms with E-state index in [2.05, 4.69) is 12.1 Å². The first kappa shape index (κ1) is 19.6. The minimum atomic E-state index is -3.49. The fourth-order valence-electron chi connectivity index (χ4n) is 3.28. The summed E-state index contributed by atoms with van der Waals surface area (Å²) in [6.07, 6.45) is 2.19. The molecule has 2 aromatic carbocycles.